The smallest absolute Gasteiger partial charge is 0.317 e. The summed E-state index contributed by atoms with van der Waals surface area (Å²) in [5.74, 6) is 0. The molecule has 5 nitrogen and oxygen atoms in total. The van der Waals surface area contributed by atoms with Gasteiger partial charge in [-0.15, -0.1) is 11.3 Å². The van der Waals surface area contributed by atoms with E-state index in [0.717, 1.165) is 17.8 Å². The van der Waals surface area contributed by atoms with Crippen LogP contribution in [0.15, 0.2) is 6.20 Å². The summed E-state index contributed by atoms with van der Waals surface area (Å²) in [6.45, 7) is 8.88. The van der Waals surface area contributed by atoms with Crippen molar-refractivity contribution in [1.29, 1.82) is 0 Å². The second-order valence-electron chi connectivity index (χ2n) is 5.38. The topological polar surface area (TPSA) is 65.5 Å². The summed E-state index contributed by atoms with van der Waals surface area (Å²) >= 11 is 1.69. The molecular formula is C14H25N3O2S. The van der Waals surface area contributed by atoms with Gasteiger partial charge < -0.3 is 15.3 Å². The van der Waals surface area contributed by atoms with Crippen molar-refractivity contribution in [1.82, 2.24) is 15.2 Å². The first-order valence-electron chi connectivity index (χ1n) is 7.04. The van der Waals surface area contributed by atoms with Crippen molar-refractivity contribution in [2.45, 2.75) is 46.1 Å². The van der Waals surface area contributed by atoms with Crippen molar-refractivity contribution in [2.24, 2.45) is 0 Å². The van der Waals surface area contributed by atoms with Crippen LogP contribution in [0.25, 0.3) is 0 Å². The molecule has 2 amide bonds. The fourth-order valence-corrected chi connectivity index (χ4v) is 2.67. The monoisotopic (exact) mass is 299 g/mol. The predicted molar refractivity (Wildman–Crippen MR) is 82.1 cm³/mol. The number of carbonyl (C=O) groups is 1. The van der Waals surface area contributed by atoms with Gasteiger partial charge in [0.1, 0.15) is 0 Å². The highest BCUT2D eigenvalue weighted by molar-refractivity contribution is 7.11. The molecule has 1 rings (SSSR count). The zero-order chi connectivity index (χ0) is 15.2. The third kappa shape index (κ3) is 5.88. The van der Waals surface area contributed by atoms with E-state index >= 15 is 0 Å². The number of hydrogen-bond acceptors (Lipinski definition) is 4. The van der Waals surface area contributed by atoms with Gasteiger partial charge in [0.2, 0.25) is 0 Å². The number of carbonyl (C=O) groups excluding carboxylic acids is 1. The molecule has 20 heavy (non-hydrogen) atoms. The van der Waals surface area contributed by atoms with Crippen LogP contribution in [-0.4, -0.2) is 46.3 Å². The van der Waals surface area contributed by atoms with Crippen LogP contribution in [0.4, 0.5) is 4.79 Å². The zero-order valence-electron chi connectivity index (χ0n) is 12.8. The van der Waals surface area contributed by atoms with Gasteiger partial charge in [0.25, 0.3) is 0 Å². The van der Waals surface area contributed by atoms with Crippen molar-refractivity contribution in [3.8, 4) is 0 Å². The maximum atomic E-state index is 12.0. The van der Waals surface area contributed by atoms with E-state index in [-0.39, 0.29) is 6.03 Å². The van der Waals surface area contributed by atoms with E-state index in [0.29, 0.717) is 19.6 Å². The van der Waals surface area contributed by atoms with Gasteiger partial charge >= 0.3 is 6.03 Å². The fourth-order valence-electron chi connectivity index (χ4n) is 1.81. The first-order valence-corrected chi connectivity index (χ1v) is 7.86. The van der Waals surface area contributed by atoms with Crippen molar-refractivity contribution in [2.75, 3.05) is 19.6 Å². The lowest BCUT2D eigenvalue weighted by molar-refractivity contribution is 0.0480. The molecule has 0 atom stereocenters. The number of nitrogens with one attached hydrogen (secondary N) is 1. The molecule has 0 unspecified atom stereocenters. The molecule has 2 N–H and O–H groups in total. The number of aliphatic hydroxyl groups is 1. The van der Waals surface area contributed by atoms with Gasteiger partial charge in [-0.25, -0.2) is 9.78 Å². The van der Waals surface area contributed by atoms with Crippen LogP contribution >= 0.6 is 11.3 Å². The van der Waals surface area contributed by atoms with Gasteiger partial charge in [0, 0.05) is 30.6 Å². The quantitative estimate of drug-likeness (QED) is 0.810. The predicted octanol–water partition coefficient (Wildman–Crippen LogP) is 2.05. The minimum absolute atomic E-state index is 0.137. The Morgan fingerprint density at radius 1 is 1.50 bits per heavy atom. The average Bonchev–Trinajstić information content (AvgIpc) is 2.82. The van der Waals surface area contributed by atoms with E-state index in [1.165, 1.54) is 4.88 Å². The summed E-state index contributed by atoms with van der Waals surface area (Å²) in [5, 5.41) is 13.7. The Bertz CT molecular complexity index is 426. The average molecular weight is 299 g/mol. The Hall–Kier alpha value is -1.14. The number of nitrogens with zero attached hydrogens (tertiary/aromatic N) is 2. The second-order valence-corrected chi connectivity index (χ2v) is 6.58. The van der Waals surface area contributed by atoms with E-state index in [4.69, 9.17) is 0 Å². The number of thiazole rings is 1. The number of aromatic nitrogens is 1. The summed E-state index contributed by atoms with van der Waals surface area (Å²) in [7, 11) is 0. The normalized spacial score (nSPS) is 11.4. The number of aryl methyl sites for hydroxylation is 1. The highest BCUT2D eigenvalue weighted by Crippen LogP contribution is 2.13. The fraction of sp³-hybridized carbons (Fsp3) is 0.714. The molecule has 0 aliphatic rings. The minimum Gasteiger partial charge on any atom is -0.389 e. The minimum atomic E-state index is -0.876. The molecule has 0 radical (unpaired) electrons. The molecule has 0 aromatic carbocycles. The lowest BCUT2D eigenvalue weighted by Gasteiger charge is -2.28. The second kappa shape index (κ2) is 7.59. The van der Waals surface area contributed by atoms with Crippen molar-refractivity contribution < 1.29 is 9.90 Å². The third-order valence-corrected chi connectivity index (χ3v) is 4.01. The largest absolute Gasteiger partial charge is 0.389 e. The van der Waals surface area contributed by atoms with Crippen LogP contribution < -0.4 is 5.32 Å². The number of amides is 2. The number of likely N-dealkylation sites (N-methyl/N-ethyl adjacent to an activating group) is 1. The Morgan fingerprint density at radius 2 is 2.20 bits per heavy atom. The van der Waals surface area contributed by atoms with Crippen LogP contribution in [0.2, 0.25) is 0 Å². The molecular weight excluding hydrogens is 274 g/mol. The third-order valence-electron chi connectivity index (χ3n) is 2.81. The molecule has 1 heterocycles. The molecule has 1 aromatic rings. The van der Waals surface area contributed by atoms with Crippen LogP contribution in [0.3, 0.4) is 0 Å². The van der Waals surface area contributed by atoms with Crippen LogP contribution in [0, 0.1) is 0 Å². The Labute approximate surface area is 125 Å². The summed E-state index contributed by atoms with van der Waals surface area (Å²) in [4.78, 5) is 19.2. The van der Waals surface area contributed by atoms with Crippen molar-refractivity contribution in [3.63, 3.8) is 0 Å². The van der Waals surface area contributed by atoms with E-state index in [2.05, 4.69) is 17.2 Å². The summed E-state index contributed by atoms with van der Waals surface area (Å²) in [6.07, 6.45) is 3.64. The van der Waals surface area contributed by atoms with Crippen LogP contribution in [0.5, 0.6) is 0 Å². The highest BCUT2D eigenvalue weighted by atomic mass is 32.1. The van der Waals surface area contributed by atoms with E-state index in [9.17, 15) is 9.90 Å². The standard InChI is InChI=1S/C14H25N3O2S/c1-5-11-9-16-12(20-11)7-8-15-13(18)17(6-2)10-14(3,4)19/h9,19H,5-8,10H2,1-4H3,(H,15,18). The van der Waals surface area contributed by atoms with Gasteiger partial charge in [-0.2, -0.15) is 0 Å². The van der Waals surface area contributed by atoms with E-state index in [1.807, 2.05) is 13.1 Å². The maximum Gasteiger partial charge on any atom is 0.317 e. The van der Waals surface area contributed by atoms with Crippen LogP contribution in [0.1, 0.15) is 37.6 Å². The lowest BCUT2D eigenvalue weighted by Crippen LogP contribution is -2.47. The Balaban J connectivity index is 2.37. The summed E-state index contributed by atoms with van der Waals surface area (Å²) in [6, 6.07) is -0.137. The molecule has 0 aliphatic heterocycles. The molecule has 0 aliphatic carbocycles. The molecule has 0 spiro atoms. The Kier molecular flexibility index (Phi) is 6.42. The van der Waals surface area contributed by atoms with Gasteiger partial charge in [-0.05, 0) is 27.2 Å². The van der Waals surface area contributed by atoms with Crippen molar-refractivity contribution >= 4 is 17.4 Å². The molecule has 114 valence electrons. The SMILES string of the molecule is CCc1cnc(CCNC(=O)N(CC)CC(C)(C)O)s1. The summed E-state index contributed by atoms with van der Waals surface area (Å²) in [5.41, 5.74) is -0.876. The molecule has 1 aromatic heterocycles. The van der Waals surface area contributed by atoms with Gasteiger partial charge in [-0.3, -0.25) is 0 Å². The first kappa shape index (κ1) is 16.9. The number of rotatable bonds is 7. The van der Waals surface area contributed by atoms with Gasteiger partial charge in [-0.1, -0.05) is 6.92 Å². The van der Waals surface area contributed by atoms with Crippen LogP contribution in [-0.2, 0) is 12.8 Å². The molecule has 0 saturated carbocycles. The maximum absolute atomic E-state index is 12.0. The zero-order valence-corrected chi connectivity index (χ0v) is 13.6. The number of hydrogen-bond donors (Lipinski definition) is 2. The van der Waals surface area contributed by atoms with Gasteiger partial charge in [0.05, 0.1) is 17.2 Å². The van der Waals surface area contributed by atoms with E-state index < -0.39 is 5.60 Å². The van der Waals surface area contributed by atoms with Crippen molar-refractivity contribution in [3.05, 3.63) is 16.1 Å². The van der Waals surface area contributed by atoms with E-state index in [1.54, 1.807) is 30.1 Å². The Morgan fingerprint density at radius 3 is 2.70 bits per heavy atom. The molecule has 0 saturated heterocycles. The lowest BCUT2D eigenvalue weighted by atomic mass is 10.1. The molecule has 0 bridgehead atoms. The molecule has 6 heteroatoms. The highest BCUT2D eigenvalue weighted by Gasteiger charge is 2.20. The molecule has 0 fully saturated rings. The van der Waals surface area contributed by atoms with Gasteiger partial charge in [0.15, 0.2) is 0 Å². The first-order chi connectivity index (χ1) is 9.35. The number of urea groups is 1. The summed E-state index contributed by atoms with van der Waals surface area (Å²) < 4.78 is 0.